The second-order valence-electron chi connectivity index (χ2n) is 7.60. The van der Waals surface area contributed by atoms with Gasteiger partial charge in [0.25, 0.3) is 0 Å². The Balaban J connectivity index is 1.80. The summed E-state index contributed by atoms with van der Waals surface area (Å²) < 4.78 is 11.1. The number of ketones is 1. The topological polar surface area (TPSA) is 69.4 Å². The van der Waals surface area contributed by atoms with Crippen LogP contribution in [0, 0.1) is 6.92 Å². The van der Waals surface area contributed by atoms with Crippen LogP contribution in [0.2, 0.25) is 10.0 Å². The number of carbonyl (C=O) groups excluding carboxylic acids is 2. The summed E-state index contributed by atoms with van der Waals surface area (Å²) in [5.41, 5.74) is 2.73. The van der Waals surface area contributed by atoms with Crippen LogP contribution in [0.4, 0.5) is 0 Å². The molecule has 3 rings (SSSR count). The van der Waals surface area contributed by atoms with Crippen LogP contribution < -0.4 is 4.74 Å². The van der Waals surface area contributed by atoms with Gasteiger partial charge in [0, 0.05) is 36.3 Å². The summed E-state index contributed by atoms with van der Waals surface area (Å²) in [6.07, 6.45) is 0.708. The zero-order chi connectivity index (χ0) is 22.7. The number of esters is 1. The van der Waals surface area contributed by atoms with Crippen LogP contribution in [-0.4, -0.2) is 16.7 Å². The third-order valence-electron chi connectivity index (χ3n) is 4.76. The molecule has 1 aromatic heterocycles. The van der Waals surface area contributed by atoms with E-state index in [4.69, 9.17) is 32.4 Å². The highest BCUT2D eigenvalue weighted by atomic mass is 35.5. The van der Waals surface area contributed by atoms with Gasteiger partial charge >= 0.3 is 5.97 Å². The van der Waals surface area contributed by atoms with Gasteiger partial charge in [0.2, 0.25) is 5.89 Å². The summed E-state index contributed by atoms with van der Waals surface area (Å²) in [5, 5.41) is 0.987. The Morgan fingerprint density at radius 3 is 2.48 bits per heavy atom. The van der Waals surface area contributed by atoms with E-state index < -0.39 is 5.97 Å². The number of nitrogens with zero attached hydrogens (tertiary/aromatic N) is 1. The van der Waals surface area contributed by atoms with Crippen LogP contribution in [0.5, 0.6) is 5.75 Å². The average molecular weight is 460 g/mol. The van der Waals surface area contributed by atoms with E-state index in [1.165, 1.54) is 6.92 Å². The van der Waals surface area contributed by atoms with Gasteiger partial charge in [-0.25, -0.2) is 4.98 Å². The first-order valence-corrected chi connectivity index (χ1v) is 10.7. The van der Waals surface area contributed by atoms with E-state index in [1.807, 2.05) is 20.8 Å². The van der Waals surface area contributed by atoms with E-state index in [0.29, 0.717) is 39.2 Å². The molecule has 0 fully saturated rings. The van der Waals surface area contributed by atoms with E-state index in [9.17, 15) is 9.59 Å². The molecule has 7 heteroatoms. The van der Waals surface area contributed by atoms with Crippen molar-refractivity contribution in [3.05, 3.63) is 69.0 Å². The van der Waals surface area contributed by atoms with Crippen molar-refractivity contribution < 1.29 is 18.7 Å². The Hall–Kier alpha value is -2.63. The molecule has 0 N–H and O–H groups in total. The number of oxazole rings is 1. The summed E-state index contributed by atoms with van der Waals surface area (Å²) in [6, 6.07) is 10.1. The molecular weight excluding hydrogens is 437 g/mol. The SMILES string of the molecule is CC(=O)Oc1ccc(C(=O)CCc2nc(-c3ccc(Cl)cc3Cl)oc2C(C)C)c(C)c1. The molecule has 0 radical (unpaired) electrons. The predicted octanol–water partition coefficient (Wildman–Crippen LogP) is 6.82. The fraction of sp³-hybridized carbons (Fsp3) is 0.292. The number of Topliss-reactive ketones (excluding diaryl/α,β-unsaturated/α-hetero) is 1. The third-order valence-corrected chi connectivity index (χ3v) is 5.31. The summed E-state index contributed by atoms with van der Waals surface area (Å²) in [4.78, 5) is 28.6. The van der Waals surface area contributed by atoms with Crippen LogP contribution in [0.3, 0.4) is 0 Å². The molecule has 3 aromatic rings. The fourth-order valence-corrected chi connectivity index (χ4v) is 3.81. The Kier molecular flexibility index (Phi) is 7.19. The van der Waals surface area contributed by atoms with Crippen molar-refractivity contribution in [3.8, 4) is 17.2 Å². The van der Waals surface area contributed by atoms with Gasteiger partial charge in [0.15, 0.2) is 5.78 Å². The lowest BCUT2D eigenvalue weighted by Gasteiger charge is -2.08. The molecule has 0 unspecified atom stereocenters. The fourth-order valence-electron chi connectivity index (χ4n) is 3.32. The molecule has 162 valence electrons. The van der Waals surface area contributed by atoms with E-state index >= 15 is 0 Å². The maximum absolute atomic E-state index is 12.8. The lowest BCUT2D eigenvalue weighted by molar-refractivity contribution is -0.131. The molecule has 0 aliphatic heterocycles. The molecule has 0 aliphatic carbocycles. The molecule has 0 saturated carbocycles. The van der Waals surface area contributed by atoms with E-state index in [-0.39, 0.29) is 18.1 Å². The van der Waals surface area contributed by atoms with Crippen molar-refractivity contribution in [1.29, 1.82) is 0 Å². The molecule has 0 amide bonds. The van der Waals surface area contributed by atoms with E-state index in [2.05, 4.69) is 4.98 Å². The summed E-state index contributed by atoms with van der Waals surface area (Å²) in [6.45, 7) is 7.18. The van der Waals surface area contributed by atoms with Gasteiger partial charge in [0.05, 0.1) is 16.3 Å². The molecular formula is C24H23Cl2NO4. The Morgan fingerprint density at radius 2 is 1.87 bits per heavy atom. The quantitative estimate of drug-likeness (QED) is 0.220. The number of hydrogen-bond acceptors (Lipinski definition) is 5. The second-order valence-corrected chi connectivity index (χ2v) is 8.45. The minimum absolute atomic E-state index is 0.0179. The molecule has 0 saturated heterocycles. The zero-order valence-electron chi connectivity index (χ0n) is 17.8. The van der Waals surface area contributed by atoms with Crippen LogP contribution >= 0.6 is 23.2 Å². The van der Waals surface area contributed by atoms with Crippen LogP contribution in [0.15, 0.2) is 40.8 Å². The largest absolute Gasteiger partial charge is 0.441 e. The van der Waals surface area contributed by atoms with Crippen molar-refractivity contribution >= 4 is 35.0 Å². The highest BCUT2D eigenvalue weighted by Gasteiger charge is 2.20. The lowest BCUT2D eigenvalue weighted by Crippen LogP contribution is -2.06. The van der Waals surface area contributed by atoms with Gasteiger partial charge < -0.3 is 9.15 Å². The first-order chi connectivity index (χ1) is 14.7. The number of rotatable bonds is 7. The smallest absolute Gasteiger partial charge is 0.308 e. The van der Waals surface area contributed by atoms with Crippen molar-refractivity contribution in [2.24, 2.45) is 0 Å². The molecule has 1 heterocycles. The van der Waals surface area contributed by atoms with Crippen molar-refractivity contribution in [2.45, 2.75) is 46.5 Å². The summed E-state index contributed by atoms with van der Waals surface area (Å²) >= 11 is 12.3. The highest BCUT2D eigenvalue weighted by molar-refractivity contribution is 6.36. The van der Waals surface area contributed by atoms with E-state index in [0.717, 1.165) is 17.0 Å². The summed E-state index contributed by atoms with van der Waals surface area (Å²) in [7, 11) is 0. The number of ether oxygens (including phenoxy) is 1. The average Bonchev–Trinajstić information content (AvgIpc) is 3.10. The van der Waals surface area contributed by atoms with E-state index in [1.54, 1.807) is 36.4 Å². The number of halogens is 2. The summed E-state index contributed by atoms with van der Waals surface area (Å²) in [5.74, 6) is 1.25. The predicted molar refractivity (Wildman–Crippen MR) is 121 cm³/mol. The molecule has 0 spiro atoms. The minimum Gasteiger partial charge on any atom is -0.441 e. The number of aryl methyl sites for hydroxylation is 2. The molecule has 0 atom stereocenters. The van der Waals surface area contributed by atoms with Gasteiger partial charge in [-0.1, -0.05) is 37.0 Å². The van der Waals surface area contributed by atoms with Gasteiger partial charge in [-0.3, -0.25) is 9.59 Å². The van der Waals surface area contributed by atoms with Gasteiger partial charge in [-0.15, -0.1) is 0 Å². The van der Waals surface area contributed by atoms with Gasteiger partial charge in [-0.2, -0.15) is 0 Å². The Morgan fingerprint density at radius 1 is 1.13 bits per heavy atom. The van der Waals surface area contributed by atoms with Gasteiger partial charge in [0.1, 0.15) is 11.5 Å². The number of benzene rings is 2. The monoisotopic (exact) mass is 459 g/mol. The molecule has 0 bridgehead atoms. The zero-order valence-corrected chi connectivity index (χ0v) is 19.3. The molecule has 5 nitrogen and oxygen atoms in total. The molecule has 0 aliphatic rings. The number of aromatic nitrogens is 1. The van der Waals surface area contributed by atoms with Gasteiger partial charge in [-0.05, 0) is 48.9 Å². The highest BCUT2D eigenvalue weighted by Crippen LogP contribution is 2.33. The lowest BCUT2D eigenvalue weighted by atomic mass is 9.99. The van der Waals surface area contributed by atoms with Crippen LogP contribution in [0.25, 0.3) is 11.5 Å². The second kappa shape index (κ2) is 9.67. The third kappa shape index (κ3) is 5.54. The van der Waals surface area contributed by atoms with Crippen molar-refractivity contribution in [1.82, 2.24) is 4.98 Å². The standard InChI is InChI=1S/C24H23Cl2NO4/c1-13(2)23-21(27-24(31-23)19-7-5-16(25)12-20(19)26)9-10-22(29)18-8-6-17(11-14(18)3)30-15(4)28/h5-8,11-13H,9-10H2,1-4H3. The first-order valence-electron chi connectivity index (χ1n) is 9.93. The number of carbonyl (C=O) groups is 2. The van der Waals surface area contributed by atoms with Crippen molar-refractivity contribution in [3.63, 3.8) is 0 Å². The maximum Gasteiger partial charge on any atom is 0.308 e. The van der Waals surface area contributed by atoms with Crippen LogP contribution in [-0.2, 0) is 11.2 Å². The normalized spacial score (nSPS) is 11.1. The van der Waals surface area contributed by atoms with Crippen molar-refractivity contribution in [2.75, 3.05) is 0 Å². The minimum atomic E-state index is -0.401. The Bertz CT molecular complexity index is 1130. The molecule has 31 heavy (non-hydrogen) atoms. The van der Waals surface area contributed by atoms with Crippen LogP contribution in [0.1, 0.15) is 60.5 Å². The molecule has 2 aromatic carbocycles. The Labute approximate surface area is 191 Å². The number of hydrogen-bond donors (Lipinski definition) is 0. The first kappa shape index (κ1) is 23.0. The maximum atomic E-state index is 12.8.